The molecule has 0 aliphatic carbocycles. The summed E-state index contributed by atoms with van der Waals surface area (Å²) in [6.45, 7) is 6.97. The number of hydrogen-bond acceptors (Lipinski definition) is 4. The lowest BCUT2D eigenvalue weighted by Gasteiger charge is -2.10. The number of rotatable bonds is 5. The molecule has 0 atom stereocenters. The molecule has 25 heavy (non-hydrogen) atoms. The number of carbonyl (C=O) groups excluding carboxylic acids is 2. The minimum atomic E-state index is -0.458. The first-order valence-electron chi connectivity index (χ1n) is 7.79. The van der Waals surface area contributed by atoms with Gasteiger partial charge in [-0.3, -0.25) is 4.79 Å². The number of aromatic amines is 1. The zero-order chi connectivity index (χ0) is 18.7. The molecule has 6 nitrogen and oxygen atoms in total. The molecule has 0 radical (unpaired) electrons. The molecule has 0 fully saturated rings. The standard InChI is InChI=1S/C18H21ClN2O4/c1-9(2)25-18(23)15-10(3)16(20-11(15)4)17(22)21-13-8-12(19)6-7-14(13)24-5/h6-9,20H,1-5H3,(H,21,22). The Morgan fingerprint density at radius 3 is 2.52 bits per heavy atom. The second kappa shape index (κ2) is 7.61. The fourth-order valence-electron chi connectivity index (χ4n) is 2.52. The van der Waals surface area contributed by atoms with E-state index in [1.54, 1.807) is 45.9 Å². The van der Waals surface area contributed by atoms with Crippen molar-refractivity contribution in [3.05, 3.63) is 45.7 Å². The second-order valence-corrected chi connectivity index (χ2v) is 6.31. The Bertz CT molecular complexity index is 812. The largest absolute Gasteiger partial charge is 0.495 e. The van der Waals surface area contributed by atoms with Crippen LogP contribution in [0.25, 0.3) is 0 Å². The number of aryl methyl sites for hydroxylation is 1. The predicted molar refractivity (Wildman–Crippen MR) is 96.8 cm³/mol. The van der Waals surface area contributed by atoms with Gasteiger partial charge in [0.05, 0.1) is 24.5 Å². The number of ether oxygens (including phenoxy) is 2. The number of halogens is 1. The Balaban J connectivity index is 2.32. The Kier molecular flexibility index (Phi) is 5.74. The first kappa shape index (κ1) is 18.9. The van der Waals surface area contributed by atoms with E-state index in [-0.39, 0.29) is 11.8 Å². The number of aromatic nitrogens is 1. The maximum absolute atomic E-state index is 12.6. The molecule has 134 valence electrons. The van der Waals surface area contributed by atoms with Crippen molar-refractivity contribution in [3.8, 4) is 5.75 Å². The van der Waals surface area contributed by atoms with Crippen LogP contribution in [0, 0.1) is 13.8 Å². The fraction of sp³-hybridized carbons (Fsp3) is 0.333. The van der Waals surface area contributed by atoms with Crippen molar-refractivity contribution < 1.29 is 19.1 Å². The van der Waals surface area contributed by atoms with Gasteiger partial charge in [-0.2, -0.15) is 0 Å². The zero-order valence-corrected chi connectivity index (χ0v) is 15.6. The van der Waals surface area contributed by atoms with Crippen LogP contribution in [0.2, 0.25) is 5.02 Å². The van der Waals surface area contributed by atoms with Crippen molar-refractivity contribution in [3.63, 3.8) is 0 Å². The molecule has 0 saturated carbocycles. The van der Waals surface area contributed by atoms with E-state index in [1.165, 1.54) is 7.11 Å². The molecule has 2 aromatic rings. The Morgan fingerprint density at radius 1 is 1.24 bits per heavy atom. The average molecular weight is 365 g/mol. The molecule has 0 spiro atoms. The van der Waals surface area contributed by atoms with Crippen LogP contribution in [-0.4, -0.2) is 30.1 Å². The topological polar surface area (TPSA) is 80.4 Å². The van der Waals surface area contributed by atoms with Crippen LogP contribution >= 0.6 is 11.6 Å². The molecule has 1 aromatic carbocycles. The SMILES string of the molecule is COc1ccc(Cl)cc1NC(=O)c1[nH]c(C)c(C(=O)OC(C)C)c1C. The molecule has 1 heterocycles. The van der Waals surface area contributed by atoms with Gasteiger partial charge < -0.3 is 19.8 Å². The molecule has 7 heteroatoms. The first-order valence-corrected chi connectivity index (χ1v) is 8.17. The highest BCUT2D eigenvalue weighted by Gasteiger charge is 2.24. The summed E-state index contributed by atoms with van der Waals surface area (Å²) in [6, 6.07) is 4.92. The van der Waals surface area contributed by atoms with E-state index in [1.807, 2.05) is 0 Å². The smallest absolute Gasteiger partial charge is 0.340 e. The molecule has 0 bridgehead atoms. The van der Waals surface area contributed by atoms with Crippen LogP contribution < -0.4 is 10.1 Å². The number of H-pyrrole nitrogens is 1. The van der Waals surface area contributed by atoms with Crippen molar-refractivity contribution in [2.24, 2.45) is 0 Å². The predicted octanol–water partition coefficient (Wildman–Crippen LogP) is 4.11. The summed E-state index contributed by atoms with van der Waals surface area (Å²) in [7, 11) is 1.50. The lowest BCUT2D eigenvalue weighted by Crippen LogP contribution is -2.15. The molecule has 0 saturated heterocycles. The van der Waals surface area contributed by atoms with E-state index in [9.17, 15) is 9.59 Å². The van der Waals surface area contributed by atoms with Crippen molar-refractivity contribution in [2.45, 2.75) is 33.8 Å². The summed E-state index contributed by atoms with van der Waals surface area (Å²) in [5.74, 6) is -0.372. The normalized spacial score (nSPS) is 10.7. The molecular weight excluding hydrogens is 344 g/mol. The number of hydrogen-bond donors (Lipinski definition) is 2. The van der Waals surface area contributed by atoms with E-state index >= 15 is 0 Å². The third kappa shape index (κ3) is 4.14. The summed E-state index contributed by atoms with van der Waals surface area (Å²) in [5.41, 5.74) is 2.21. The number of carbonyl (C=O) groups is 2. The number of amides is 1. The third-order valence-electron chi connectivity index (χ3n) is 3.62. The fourth-order valence-corrected chi connectivity index (χ4v) is 2.69. The Hall–Kier alpha value is -2.47. The van der Waals surface area contributed by atoms with Crippen LogP contribution in [0.5, 0.6) is 5.75 Å². The van der Waals surface area contributed by atoms with Crippen molar-refractivity contribution in [1.29, 1.82) is 0 Å². The van der Waals surface area contributed by atoms with E-state index < -0.39 is 11.9 Å². The molecule has 0 aliphatic rings. The van der Waals surface area contributed by atoms with Gasteiger partial charge in [0, 0.05) is 10.7 Å². The minimum Gasteiger partial charge on any atom is -0.495 e. The molecular formula is C18H21ClN2O4. The minimum absolute atomic E-state index is 0.241. The van der Waals surface area contributed by atoms with Crippen molar-refractivity contribution in [1.82, 2.24) is 4.98 Å². The van der Waals surface area contributed by atoms with Crippen LogP contribution in [0.1, 0.15) is 46.0 Å². The molecule has 2 rings (SSSR count). The summed E-state index contributed by atoms with van der Waals surface area (Å²) < 4.78 is 10.5. The van der Waals surface area contributed by atoms with Gasteiger partial charge >= 0.3 is 5.97 Å². The highest BCUT2D eigenvalue weighted by molar-refractivity contribution is 6.31. The van der Waals surface area contributed by atoms with Gasteiger partial charge in [-0.25, -0.2) is 4.79 Å². The summed E-state index contributed by atoms with van der Waals surface area (Å²) in [4.78, 5) is 27.8. The lowest BCUT2D eigenvalue weighted by atomic mass is 10.1. The van der Waals surface area contributed by atoms with E-state index in [0.717, 1.165) is 0 Å². The third-order valence-corrected chi connectivity index (χ3v) is 3.86. The maximum atomic E-state index is 12.6. The molecule has 0 unspecified atom stereocenters. The zero-order valence-electron chi connectivity index (χ0n) is 14.8. The lowest BCUT2D eigenvalue weighted by molar-refractivity contribution is 0.0376. The van der Waals surface area contributed by atoms with Gasteiger partial charge in [0.15, 0.2) is 0 Å². The highest BCUT2D eigenvalue weighted by Crippen LogP contribution is 2.29. The number of benzene rings is 1. The monoisotopic (exact) mass is 364 g/mol. The van der Waals surface area contributed by atoms with Crippen LogP contribution in [0.15, 0.2) is 18.2 Å². The van der Waals surface area contributed by atoms with Gasteiger partial charge in [-0.1, -0.05) is 11.6 Å². The van der Waals surface area contributed by atoms with Crippen molar-refractivity contribution >= 4 is 29.2 Å². The van der Waals surface area contributed by atoms with Gasteiger partial charge in [0.1, 0.15) is 11.4 Å². The summed E-state index contributed by atoms with van der Waals surface area (Å²) in [5, 5.41) is 3.22. The number of esters is 1. The average Bonchev–Trinajstić information content (AvgIpc) is 2.81. The maximum Gasteiger partial charge on any atom is 0.340 e. The van der Waals surface area contributed by atoms with Gasteiger partial charge in [-0.05, 0) is 51.5 Å². The van der Waals surface area contributed by atoms with Gasteiger partial charge in [0.2, 0.25) is 0 Å². The number of nitrogens with one attached hydrogen (secondary N) is 2. The van der Waals surface area contributed by atoms with E-state index in [4.69, 9.17) is 21.1 Å². The second-order valence-electron chi connectivity index (χ2n) is 5.88. The van der Waals surface area contributed by atoms with E-state index in [0.29, 0.717) is 33.3 Å². The Labute approximate surface area is 151 Å². The van der Waals surface area contributed by atoms with Gasteiger partial charge in [0.25, 0.3) is 5.91 Å². The molecule has 1 amide bonds. The molecule has 0 aliphatic heterocycles. The highest BCUT2D eigenvalue weighted by atomic mass is 35.5. The summed E-state index contributed by atoms with van der Waals surface area (Å²) in [6.07, 6.45) is -0.241. The molecule has 1 aromatic heterocycles. The van der Waals surface area contributed by atoms with Crippen LogP contribution in [0.4, 0.5) is 5.69 Å². The number of anilines is 1. The Morgan fingerprint density at radius 2 is 1.92 bits per heavy atom. The first-order chi connectivity index (χ1) is 11.7. The van der Waals surface area contributed by atoms with Crippen LogP contribution in [0.3, 0.4) is 0 Å². The summed E-state index contributed by atoms with van der Waals surface area (Å²) >= 11 is 5.98. The van der Waals surface area contributed by atoms with Crippen LogP contribution in [-0.2, 0) is 4.74 Å². The van der Waals surface area contributed by atoms with Crippen molar-refractivity contribution in [2.75, 3.05) is 12.4 Å². The van der Waals surface area contributed by atoms with E-state index in [2.05, 4.69) is 10.3 Å². The quantitative estimate of drug-likeness (QED) is 0.782. The number of methoxy groups -OCH3 is 1. The van der Waals surface area contributed by atoms with Gasteiger partial charge in [-0.15, -0.1) is 0 Å². The molecule has 2 N–H and O–H groups in total.